The van der Waals surface area contributed by atoms with Crippen molar-refractivity contribution in [2.45, 2.75) is 13.8 Å². The summed E-state index contributed by atoms with van der Waals surface area (Å²) in [6, 6.07) is 0. The van der Waals surface area contributed by atoms with Crippen LogP contribution >= 0.6 is 11.8 Å². The van der Waals surface area contributed by atoms with E-state index in [4.69, 9.17) is 4.74 Å². The maximum absolute atomic E-state index is 11.6. The largest absolute Gasteiger partial charge is 0.462 e. The highest BCUT2D eigenvalue weighted by Crippen LogP contribution is 2.00. The summed E-state index contributed by atoms with van der Waals surface area (Å²) in [5, 5.41) is 2.98. The summed E-state index contributed by atoms with van der Waals surface area (Å²) in [5.41, 5.74) is -0.570. The van der Waals surface area contributed by atoms with Crippen molar-refractivity contribution in [1.82, 2.24) is 9.97 Å². The second-order valence-corrected chi connectivity index (χ2v) is 4.71. The average molecular weight is 271 g/mol. The minimum Gasteiger partial charge on any atom is -0.462 e. The van der Waals surface area contributed by atoms with Gasteiger partial charge in [-0.1, -0.05) is 6.92 Å². The van der Waals surface area contributed by atoms with Gasteiger partial charge in [0.2, 0.25) is 5.95 Å². The molecule has 0 amide bonds. The molecule has 1 aromatic heterocycles. The number of esters is 1. The van der Waals surface area contributed by atoms with Crippen molar-refractivity contribution in [3.8, 4) is 0 Å². The van der Waals surface area contributed by atoms with E-state index in [1.165, 1.54) is 6.20 Å². The number of H-pyrrole nitrogens is 1. The van der Waals surface area contributed by atoms with Crippen LogP contribution in [0.5, 0.6) is 0 Å². The first-order valence-corrected chi connectivity index (χ1v) is 6.92. The molecule has 18 heavy (non-hydrogen) atoms. The van der Waals surface area contributed by atoms with E-state index in [1.54, 1.807) is 18.7 Å². The molecule has 1 aromatic rings. The number of aromatic amines is 1. The van der Waals surface area contributed by atoms with Crippen LogP contribution in [0.3, 0.4) is 0 Å². The molecule has 0 aromatic carbocycles. The van der Waals surface area contributed by atoms with Crippen LogP contribution in [0.2, 0.25) is 0 Å². The topological polar surface area (TPSA) is 84.1 Å². The van der Waals surface area contributed by atoms with Crippen molar-refractivity contribution >= 4 is 23.7 Å². The molecular weight excluding hydrogens is 254 g/mol. The van der Waals surface area contributed by atoms with E-state index in [0.29, 0.717) is 12.5 Å². The summed E-state index contributed by atoms with van der Waals surface area (Å²) in [4.78, 5) is 29.4. The van der Waals surface area contributed by atoms with E-state index >= 15 is 0 Å². The number of carbonyl (C=O) groups is 1. The molecule has 0 atom stereocenters. The predicted molar refractivity (Wildman–Crippen MR) is 72.3 cm³/mol. The van der Waals surface area contributed by atoms with Crippen LogP contribution in [0.25, 0.3) is 0 Å². The summed E-state index contributed by atoms with van der Waals surface area (Å²) in [6.07, 6.45) is 1.23. The third kappa shape index (κ3) is 4.40. The summed E-state index contributed by atoms with van der Waals surface area (Å²) < 4.78 is 4.74. The molecule has 6 nitrogen and oxygen atoms in total. The highest BCUT2D eigenvalue weighted by atomic mass is 32.2. The molecule has 0 aliphatic carbocycles. The Kier molecular flexibility index (Phi) is 6.27. The molecule has 0 bridgehead atoms. The van der Waals surface area contributed by atoms with E-state index < -0.39 is 11.5 Å². The number of aromatic nitrogens is 2. The molecule has 0 fully saturated rings. The molecule has 100 valence electrons. The second-order valence-electron chi connectivity index (χ2n) is 3.32. The number of nitrogens with one attached hydrogen (secondary N) is 2. The van der Waals surface area contributed by atoms with Gasteiger partial charge in [0.25, 0.3) is 5.56 Å². The Bertz CT molecular complexity index is 447. The first-order valence-electron chi connectivity index (χ1n) is 5.77. The first-order chi connectivity index (χ1) is 8.69. The number of carbonyl (C=O) groups excluding carboxylic acids is 1. The molecule has 1 rings (SSSR count). The highest BCUT2D eigenvalue weighted by molar-refractivity contribution is 7.99. The summed E-state index contributed by atoms with van der Waals surface area (Å²) in [5.74, 6) is 1.69. The van der Waals surface area contributed by atoms with Gasteiger partial charge < -0.3 is 10.1 Å². The maximum atomic E-state index is 11.6. The minimum absolute atomic E-state index is 0.0784. The van der Waals surface area contributed by atoms with Crippen LogP contribution in [0.4, 0.5) is 5.95 Å². The van der Waals surface area contributed by atoms with Gasteiger partial charge in [-0.25, -0.2) is 9.78 Å². The zero-order valence-electron chi connectivity index (χ0n) is 10.5. The summed E-state index contributed by atoms with van der Waals surface area (Å²) in [7, 11) is 0. The van der Waals surface area contributed by atoms with Crippen LogP contribution in [0.15, 0.2) is 11.0 Å². The van der Waals surface area contributed by atoms with E-state index in [-0.39, 0.29) is 12.2 Å². The lowest BCUT2D eigenvalue weighted by molar-refractivity contribution is 0.0524. The summed E-state index contributed by atoms with van der Waals surface area (Å²) in [6.45, 7) is 4.70. The zero-order chi connectivity index (χ0) is 13.4. The van der Waals surface area contributed by atoms with Gasteiger partial charge in [-0.15, -0.1) is 0 Å². The van der Waals surface area contributed by atoms with E-state index in [1.807, 2.05) is 0 Å². The van der Waals surface area contributed by atoms with Gasteiger partial charge in [0.15, 0.2) is 0 Å². The number of hydrogen-bond donors (Lipinski definition) is 2. The lowest BCUT2D eigenvalue weighted by atomic mass is 10.3. The van der Waals surface area contributed by atoms with Crippen LogP contribution < -0.4 is 10.9 Å². The minimum atomic E-state index is -0.653. The van der Waals surface area contributed by atoms with Gasteiger partial charge in [0.1, 0.15) is 5.56 Å². The second kappa shape index (κ2) is 7.75. The Labute approximate surface area is 110 Å². The molecule has 7 heteroatoms. The molecule has 0 radical (unpaired) electrons. The molecule has 0 spiro atoms. The number of hydrogen-bond acceptors (Lipinski definition) is 6. The summed E-state index contributed by atoms with van der Waals surface area (Å²) >= 11 is 1.79. The molecule has 0 unspecified atom stereocenters. The van der Waals surface area contributed by atoms with Crippen molar-refractivity contribution in [3.63, 3.8) is 0 Å². The van der Waals surface area contributed by atoms with E-state index in [2.05, 4.69) is 22.2 Å². The Morgan fingerprint density at radius 3 is 2.94 bits per heavy atom. The molecule has 0 aliphatic heterocycles. The number of thioether (sulfide) groups is 1. The van der Waals surface area contributed by atoms with Gasteiger partial charge >= 0.3 is 5.97 Å². The average Bonchev–Trinajstić information content (AvgIpc) is 2.35. The molecule has 0 saturated heterocycles. The quantitative estimate of drug-likeness (QED) is 0.571. The molecule has 1 heterocycles. The normalized spacial score (nSPS) is 10.1. The fraction of sp³-hybridized carbons (Fsp3) is 0.545. The van der Waals surface area contributed by atoms with Crippen LogP contribution in [-0.4, -0.2) is 40.6 Å². The monoisotopic (exact) mass is 271 g/mol. The molecule has 2 N–H and O–H groups in total. The first kappa shape index (κ1) is 14.6. The number of rotatable bonds is 7. The van der Waals surface area contributed by atoms with Crippen molar-refractivity contribution in [3.05, 3.63) is 22.1 Å². The molecular formula is C11H17N3O3S. The smallest absolute Gasteiger partial charge is 0.345 e. The fourth-order valence-electron chi connectivity index (χ4n) is 1.22. The van der Waals surface area contributed by atoms with Crippen molar-refractivity contribution in [2.24, 2.45) is 0 Å². The number of anilines is 1. The van der Waals surface area contributed by atoms with E-state index in [0.717, 1.165) is 11.5 Å². The highest BCUT2D eigenvalue weighted by Gasteiger charge is 2.12. The van der Waals surface area contributed by atoms with E-state index in [9.17, 15) is 9.59 Å². The zero-order valence-corrected chi connectivity index (χ0v) is 11.3. The Morgan fingerprint density at radius 2 is 2.33 bits per heavy atom. The SMILES string of the molecule is CCOC(=O)c1cnc(NCCSCC)[nH]c1=O. The standard InChI is InChI=1S/C11H17N3O3S/c1-3-17-10(16)8-7-13-11(14-9(8)15)12-5-6-18-4-2/h7H,3-6H2,1-2H3,(H2,12,13,14,15). The van der Waals surface area contributed by atoms with Crippen LogP contribution in [-0.2, 0) is 4.74 Å². The number of ether oxygens (including phenoxy) is 1. The lowest BCUT2D eigenvalue weighted by Gasteiger charge is -2.05. The lowest BCUT2D eigenvalue weighted by Crippen LogP contribution is -2.22. The van der Waals surface area contributed by atoms with Gasteiger partial charge in [-0.2, -0.15) is 11.8 Å². The van der Waals surface area contributed by atoms with Crippen LogP contribution in [0.1, 0.15) is 24.2 Å². The maximum Gasteiger partial charge on any atom is 0.345 e. The third-order valence-corrected chi connectivity index (χ3v) is 2.94. The Morgan fingerprint density at radius 1 is 1.56 bits per heavy atom. The van der Waals surface area contributed by atoms with Crippen molar-refractivity contribution in [2.75, 3.05) is 30.0 Å². The van der Waals surface area contributed by atoms with Gasteiger partial charge in [-0.3, -0.25) is 9.78 Å². The van der Waals surface area contributed by atoms with Gasteiger partial charge in [0, 0.05) is 12.3 Å². The Balaban J connectivity index is 2.62. The van der Waals surface area contributed by atoms with Gasteiger partial charge in [-0.05, 0) is 12.7 Å². The van der Waals surface area contributed by atoms with Crippen molar-refractivity contribution in [1.29, 1.82) is 0 Å². The molecule has 0 saturated carbocycles. The van der Waals surface area contributed by atoms with Gasteiger partial charge in [0.05, 0.1) is 12.8 Å². The fourth-order valence-corrected chi connectivity index (χ4v) is 1.76. The van der Waals surface area contributed by atoms with Crippen LogP contribution in [0, 0.1) is 0 Å². The Hall–Kier alpha value is -1.50. The molecule has 0 aliphatic rings. The van der Waals surface area contributed by atoms with Crippen molar-refractivity contribution < 1.29 is 9.53 Å². The third-order valence-electron chi connectivity index (χ3n) is 2.04. The number of nitrogens with zero attached hydrogens (tertiary/aromatic N) is 1. The predicted octanol–water partition coefficient (Wildman–Crippen LogP) is 1.11.